The van der Waals surface area contributed by atoms with Crippen molar-refractivity contribution in [2.24, 2.45) is 5.92 Å². The Labute approximate surface area is 199 Å². The van der Waals surface area contributed by atoms with E-state index in [0.717, 1.165) is 47.9 Å². The molecule has 1 fully saturated rings. The molecule has 4 rings (SSSR count). The third kappa shape index (κ3) is 5.41. The molecular weight excluding hydrogens is 432 g/mol. The number of amides is 2. The molecule has 0 aliphatic heterocycles. The average molecular weight is 465 g/mol. The average Bonchev–Trinajstić information content (AvgIpc) is 3.47. The number of hydrogen-bond donors (Lipinski definition) is 3. The number of aliphatic carboxylic acids is 1. The van der Waals surface area contributed by atoms with Crippen LogP contribution in [0.25, 0.3) is 11.1 Å². The SMILES string of the molecule is C[C@H](NC(=O)C(CCC(=O)O)NC(=O)OCC1c2ccccc2-c2ccccc21)C1CCCC1. The first-order valence-electron chi connectivity index (χ1n) is 12.1. The van der Waals surface area contributed by atoms with Gasteiger partial charge in [0.05, 0.1) is 0 Å². The molecule has 0 spiro atoms. The van der Waals surface area contributed by atoms with Gasteiger partial charge in [-0.1, -0.05) is 61.4 Å². The summed E-state index contributed by atoms with van der Waals surface area (Å²) in [7, 11) is 0. The van der Waals surface area contributed by atoms with Gasteiger partial charge in [0.25, 0.3) is 0 Å². The Balaban J connectivity index is 1.38. The highest BCUT2D eigenvalue weighted by atomic mass is 16.5. The van der Waals surface area contributed by atoms with Gasteiger partial charge in [0.1, 0.15) is 12.6 Å². The second-order valence-electron chi connectivity index (χ2n) is 9.30. The fourth-order valence-electron chi connectivity index (χ4n) is 5.22. The summed E-state index contributed by atoms with van der Waals surface area (Å²) in [6, 6.07) is 15.1. The summed E-state index contributed by atoms with van der Waals surface area (Å²) in [6.07, 6.45) is 3.52. The van der Waals surface area contributed by atoms with Crippen LogP contribution in [0.15, 0.2) is 48.5 Å². The molecule has 2 amide bonds. The first-order valence-corrected chi connectivity index (χ1v) is 12.1. The Bertz CT molecular complexity index is 1000. The minimum absolute atomic E-state index is 0.00273. The maximum Gasteiger partial charge on any atom is 0.407 e. The summed E-state index contributed by atoms with van der Waals surface area (Å²) in [6.45, 7) is 2.10. The van der Waals surface area contributed by atoms with Crippen LogP contribution >= 0.6 is 0 Å². The Hall–Kier alpha value is -3.35. The lowest BCUT2D eigenvalue weighted by Gasteiger charge is -2.24. The summed E-state index contributed by atoms with van der Waals surface area (Å²) < 4.78 is 5.55. The first-order chi connectivity index (χ1) is 16.4. The summed E-state index contributed by atoms with van der Waals surface area (Å²) in [5.41, 5.74) is 4.46. The zero-order valence-corrected chi connectivity index (χ0v) is 19.5. The maximum absolute atomic E-state index is 12.9. The molecule has 0 bridgehead atoms. The van der Waals surface area contributed by atoms with Crippen molar-refractivity contribution >= 4 is 18.0 Å². The molecule has 2 aliphatic carbocycles. The third-order valence-corrected chi connectivity index (χ3v) is 7.08. The van der Waals surface area contributed by atoms with E-state index in [2.05, 4.69) is 22.8 Å². The van der Waals surface area contributed by atoms with Crippen LogP contribution in [-0.4, -0.2) is 41.8 Å². The van der Waals surface area contributed by atoms with Crippen molar-refractivity contribution in [3.63, 3.8) is 0 Å². The Morgan fingerprint density at radius 2 is 1.56 bits per heavy atom. The zero-order valence-electron chi connectivity index (χ0n) is 19.5. The van der Waals surface area contributed by atoms with E-state index in [4.69, 9.17) is 9.84 Å². The van der Waals surface area contributed by atoms with Crippen LogP contribution in [0.1, 0.15) is 62.5 Å². The first kappa shape index (κ1) is 23.8. The van der Waals surface area contributed by atoms with Gasteiger partial charge in [-0.25, -0.2) is 4.79 Å². The lowest BCUT2D eigenvalue weighted by Crippen LogP contribution is -2.50. The largest absolute Gasteiger partial charge is 0.481 e. The minimum Gasteiger partial charge on any atom is -0.481 e. The predicted molar refractivity (Wildman–Crippen MR) is 128 cm³/mol. The molecule has 2 aromatic rings. The van der Waals surface area contributed by atoms with E-state index in [1.54, 1.807) is 0 Å². The fraction of sp³-hybridized carbons (Fsp3) is 0.444. The van der Waals surface area contributed by atoms with E-state index in [0.29, 0.717) is 5.92 Å². The number of carboxylic acids is 1. The van der Waals surface area contributed by atoms with E-state index in [-0.39, 0.29) is 37.3 Å². The molecule has 3 N–H and O–H groups in total. The van der Waals surface area contributed by atoms with E-state index in [1.165, 1.54) is 0 Å². The Morgan fingerprint density at radius 3 is 2.15 bits per heavy atom. The lowest BCUT2D eigenvalue weighted by molar-refractivity contribution is -0.137. The van der Waals surface area contributed by atoms with Crippen LogP contribution in [0.4, 0.5) is 4.79 Å². The lowest BCUT2D eigenvalue weighted by atomic mass is 9.98. The number of hydrogen-bond acceptors (Lipinski definition) is 4. The molecule has 2 atom stereocenters. The van der Waals surface area contributed by atoms with Gasteiger partial charge in [0.2, 0.25) is 5.91 Å². The molecule has 7 heteroatoms. The van der Waals surface area contributed by atoms with Crippen molar-refractivity contribution in [1.29, 1.82) is 0 Å². The van der Waals surface area contributed by atoms with Crippen molar-refractivity contribution in [3.05, 3.63) is 59.7 Å². The van der Waals surface area contributed by atoms with Gasteiger partial charge in [-0.3, -0.25) is 9.59 Å². The number of carbonyl (C=O) groups excluding carboxylic acids is 2. The van der Waals surface area contributed by atoms with Crippen molar-refractivity contribution in [2.45, 2.75) is 63.5 Å². The van der Waals surface area contributed by atoms with E-state index < -0.39 is 18.1 Å². The summed E-state index contributed by atoms with van der Waals surface area (Å²) in [5.74, 6) is -1.06. The molecule has 1 unspecified atom stereocenters. The molecule has 0 saturated heterocycles. The number of carbonyl (C=O) groups is 3. The van der Waals surface area contributed by atoms with Crippen molar-refractivity contribution in [1.82, 2.24) is 10.6 Å². The van der Waals surface area contributed by atoms with Gasteiger partial charge in [-0.15, -0.1) is 0 Å². The van der Waals surface area contributed by atoms with E-state index >= 15 is 0 Å². The van der Waals surface area contributed by atoms with Gasteiger partial charge >= 0.3 is 12.1 Å². The normalized spacial score (nSPS) is 16.9. The van der Waals surface area contributed by atoms with Crippen molar-refractivity contribution < 1.29 is 24.2 Å². The minimum atomic E-state index is -1.02. The molecule has 0 heterocycles. The molecule has 2 aromatic carbocycles. The number of alkyl carbamates (subject to hydrolysis) is 1. The van der Waals surface area contributed by atoms with Gasteiger partial charge in [-0.2, -0.15) is 0 Å². The number of ether oxygens (including phenoxy) is 1. The predicted octanol–water partition coefficient (Wildman–Crippen LogP) is 4.45. The number of benzene rings is 2. The molecule has 7 nitrogen and oxygen atoms in total. The topological polar surface area (TPSA) is 105 Å². The molecule has 34 heavy (non-hydrogen) atoms. The summed E-state index contributed by atoms with van der Waals surface area (Å²) in [4.78, 5) is 36.6. The molecule has 2 aliphatic rings. The Morgan fingerprint density at radius 1 is 0.971 bits per heavy atom. The van der Waals surface area contributed by atoms with Gasteiger partial charge in [0.15, 0.2) is 0 Å². The van der Waals surface area contributed by atoms with Crippen LogP contribution in [0.2, 0.25) is 0 Å². The van der Waals surface area contributed by atoms with Gasteiger partial charge in [0, 0.05) is 18.4 Å². The fourth-order valence-corrected chi connectivity index (χ4v) is 5.22. The number of nitrogens with one attached hydrogen (secondary N) is 2. The highest BCUT2D eigenvalue weighted by Gasteiger charge is 2.31. The van der Waals surface area contributed by atoms with Crippen LogP contribution in [-0.2, 0) is 14.3 Å². The second-order valence-corrected chi connectivity index (χ2v) is 9.30. The Kier molecular flexibility index (Phi) is 7.50. The van der Waals surface area contributed by atoms with Gasteiger partial charge in [-0.05, 0) is 54.4 Å². The second kappa shape index (κ2) is 10.7. The van der Waals surface area contributed by atoms with Crippen LogP contribution in [0.3, 0.4) is 0 Å². The smallest absolute Gasteiger partial charge is 0.407 e. The molecular formula is C27H32N2O5. The zero-order chi connectivity index (χ0) is 24.1. The number of carboxylic acid groups (broad SMARTS) is 1. The van der Waals surface area contributed by atoms with Crippen molar-refractivity contribution in [3.8, 4) is 11.1 Å². The van der Waals surface area contributed by atoms with Crippen LogP contribution in [0, 0.1) is 5.92 Å². The highest BCUT2D eigenvalue weighted by molar-refractivity contribution is 5.86. The van der Waals surface area contributed by atoms with Crippen LogP contribution in [0.5, 0.6) is 0 Å². The quantitative estimate of drug-likeness (QED) is 0.508. The standard InChI is InChI=1S/C27H32N2O5/c1-17(18-8-2-3-9-18)28-26(32)24(14-15-25(30)31)29-27(33)34-16-23-21-12-6-4-10-19(21)20-11-5-7-13-22(20)23/h4-7,10-13,17-18,23-24H,2-3,8-9,14-16H2,1H3,(H,28,32)(H,29,33)(H,30,31)/t17-,24?/m0/s1. The van der Waals surface area contributed by atoms with Crippen LogP contribution < -0.4 is 10.6 Å². The highest BCUT2D eigenvalue weighted by Crippen LogP contribution is 2.44. The van der Waals surface area contributed by atoms with E-state index in [1.807, 2.05) is 43.3 Å². The molecule has 0 aromatic heterocycles. The molecule has 0 radical (unpaired) electrons. The summed E-state index contributed by atoms with van der Waals surface area (Å²) >= 11 is 0. The van der Waals surface area contributed by atoms with E-state index in [9.17, 15) is 14.4 Å². The number of fused-ring (bicyclic) bond motifs is 3. The number of rotatable bonds is 9. The van der Waals surface area contributed by atoms with Gasteiger partial charge < -0.3 is 20.5 Å². The molecule has 1 saturated carbocycles. The monoisotopic (exact) mass is 464 g/mol. The molecule has 180 valence electrons. The maximum atomic E-state index is 12.9. The van der Waals surface area contributed by atoms with Crippen molar-refractivity contribution in [2.75, 3.05) is 6.61 Å². The third-order valence-electron chi connectivity index (χ3n) is 7.08. The summed E-state index contributed by atoms with van der Waals surface area (Å²) in [5, 5.41) is 14.7.